The summed E-state index contributed by atoms with van der Waals surface area (Å²) in [4.78, 5) is -1.25. The van der Waals surface area contributed by atoms with E-state index in [0.717, 1.165) is 18.2 Å². The van der Waals surface area contributed by atoms with Gasteiger partial charge in [-0.2, -0.15) is 16.8 Å². The van der Waals surface area contributed by atoms with Crippen molar-refractivity contribution in [2.45, 2.75) is 9.79 Å². The highest BCUT2D eigenvalue weighted by Gasteiger charge is 2.18. The molecule has 0 aliphatic carbocycles. The summed E-state index contributed by atoms with van der Waals surface area (Å²) in [6.45, 7) is 3.31. The molecule has 0 radical (unpaired) electrons. The lowest BCUT2D eigenvalue weighted by molar-refractivity contribution is 0.481. The van der Waals surface area contributed by atoms with Crippen molar-refractivity contribution in [3.63, 3.8) is 0 Å². The minimum Gasteiger partial charge on any atom is -0.282 e. The van der Waals surface area contributed by atoms with Crippen LogP contribution in [0.3, 0.4) is 0 Å². The average molecular weight is 264 g/mol. The third-order valence-corrected chi connectivity index (χ3v) is 3.54. The molecule has 16 heavy (non-hydrogen) atoms. The quantitative estimate of drug-likeness (QED) is 0.782. The van der Waals surface area contributed by atoms with Gasteiger partial charge in [0.2, 0.25) is 0 Å². The van der Waals surface area contributed by atoms with E-state index in [2.05, 4.69) is 6.58 Å². The van der Waals surface area contributed by atoms with Crippen LogP contribution in [0, 0.1) is 0 Å². The Kier molecular flexibility index (Phi) is 3.20. The topological polar surface area (TPSA) is 109 Å². The van der Waals surface area contributed by atoms with Crippen LogP contribution in [-0.4, -0.2) is 25.9 Å². The Labute approximate surface area is 92.7 Å². The first-order chi connectivity index (χ1) is 7.16. The van der Waals surface area contributed by atoms with Crippen molar-refractivity contribution in [2.24, 2.45) is 0 Å². The molecule has 0 unspecified atom stereocenters. The van der Waals surface area contributed by atoms with Gasteiger partial charge < -0.3 is 0 Å². The van der Waals surface area contributed by atoms with E-state index >= 15 is 0 Å². The zero-order chi connectivity index (χ0) is 12.6. The second kappa shape index (κ2) is 3.98. The van der Waals surface area contributed by atoms with Crippen molar-refractivity contribution in [3.8, 4) is 0 Å². The lowest BCUT2D eigenvalue weighted by Crippen LogP contribution is -2.05. The van der Waals surface area contributed by atoms with E-state index in [-0.39, 0.29) is 5.56 Å². The summed E-state index contributed by atoms with van der Waals surface area (Å²) in [5.41, 5.74) is 0.0369. The van der Waals surface area contributed by atoms with Crippen molar-refractivity contribution in [1.29, 1.82) is 0 Å². The molecule has 1 aromatic rings. The molecule has 0 saturated heterocycles. The van der Waals surface area contributed by atoms with Gasteiger partial charge in [0.25, 0.3) is 20.2 Å². The van der Waals surface area contributed by atoms with Crippen LogP contribution in [0.2, 0.25) is 0 Å². The van der Waals surface area contributed by atoms with Gasteiger partial charge in [-0.05, 0) is 17.7 Å². The first-order valence-electron chi connectivity index (χ1n) is 3.88. The van der Waals surface area contributed by atoms with Crippen molar-refractivity contribution in [1.82, 2.24) is 0 Å². The van der Waals surface area contributed by atoms with Gasteiger partial charge in [-0.25, -0.2) is 0 Å². The second-order valence-corrected chi connectivity index (χ2v) is 5.67. The maximum Gasteiger partial charge on any atom is 0.295 e. The van der Waals surface area contributed by atoms with Gasteiger partial charge in [0.1, 0.15) is 4.90 Å². The maximum absolute atomic E-state index is 10.9. The van der Waals surface area contributed by atoms with Gasteiger partial charge in [-0.15, -0.1) is 0 Å². The van der Waals surface area contributed by atoms with Gasteiger partial charge in [0.15, 0.2) is 0 Å². The molecular weight excluding hydrogens is 256 g/mol. The lowest BCUT2D eigenvalue weighted by atomic mass is 10.2. The Morgan fingerprint density at radius 2 is 1.62 bits per heavy atom. The molecule has 0 atom stereocenters. The van der Waals surface area contributed by atoms with Crippen molar-refractivity contribution in [3.05, 3.63) is 30.3 Å². The van der Waals surface area contributed by atoms with E-state index in [1.165, 1.54) is 0 Å². The molecule has 0 aliphatic heterocycles. The average Bonchev–Trinajstić information content (AvgIpc) is 2.14. The molecule has 0 spiro atoms. The third kappa shape index (κ3) is 2.67. The van der Waals surface area contributed by atoms with Crippen molar-refractivity contribution in [2.75, 3.05) is 0 Å². The molecule has 1 aromatic carbocycles. The highest BCUT2D eigenvalue weighted by molar-refractivity contribution is 7.86. The van der Waals surface area contributed by atoms with E-state index in [1.807, 2.05) is 0 Å². The first kappa shape index (κ1) is 12.8. The van der Waals surface area contributed by atoms with Crippen LogP contribution in [-0.2, 0) is 20.2 Å². The molecule has 88 valence electrons. The molecule has 0 amide bonds. The fourth-order valence-corrected chi connectivity index (χ4v) is 2.37. The van der Waals surface area contributed by atoms with Crippen LogP contribution < -0.4 is 0 Å². The van der Waals surface area contributed by atoms with E-state index in [9.17, 15) is 16.8 Å². The Morgan fingerprint density at radius 3 is 2.00 bits per heavy atom. The van der Waals surface area contributed by atoms with Crippen LogP contribution in [0.4, 0.5) is 0 Å². The molecule has 0 bridgehead atoms. The van der Waals surface area contributed by atoms with Crippen LogP contribution >= 0.6 is 0 Å². The molecule has 1 rings (SSSR count). The Morgan fingerprint density at radius 1 is 1.06 bits per heavy atom. The fourth-order valence-electron chi connectivity index (χ4n) is 1.07. The van der Waals surface area contributed by atoms with Gasteiger partial charge >= 0.3 is 0 Å². The summed E-state index contributed by atoms with van der Waals surface area (Å²) in [6.07, 6.45) is 1.14. The smallest absolute Gasteiger partial charge is 0.282 e. The molecule has 2 N–H and O–H groups in total. The Hall–Kier alpha value is -1.22. The van der Waals surface area contributed by atoms with E-state index in [1.54, 1.807) is 0 Å². The summed E-state index contributed by atoms with van der Waals surface area (Å²) in [6, 6.07) is 2.77. The van der Waals surface area contributed by atoms with Crippen LogP contribution in [0.1, 0.15) is 5.56 Å². The molecule has 8 heteroatoms. The zero-order valence-corrected chi connectivity index (χ0v) is 9.49. The largest absolute Gasteiger partial charge is 0.295 e. The zero-order valence-electron chi connectivity index (χ0n) is 7.86. The predicted octanol–water partition coefficient (Wildman–Crippen LogP) is 0.823. The normalized spacial score (nSPS) is 12.4. The van der Waals surface area contributed by atoms with Gasteiger partial charge in [-0.3, -0.25) is 9.11 Å². The summed E-state index contributed by atoms with van der Waals surface area (Å²) in [7, 11) is -9.10. The van der Waals surface area contributed by atoms with E-state index < -0.39 is 30.0 Å². The highest BCUT2D eigenvalue weighted by Crippen LogP contribution is 2.21. The number of hydrogen-bond donors (Lipinski definition) is 2. The van der Waals surface area contributed by atoms with Crippen LogP contribution in [0.25, 0.3) is 6.08 Å². The number of hydrogen-bond acceptors (Lipinski definition) is 4. The van der Waals surface area contributed by atoms with E-state index in [4.69, 9.17) is 9.11 Å². The molecule has 0 saturated carbocycles. The second-order valence-electron chi connectivity index (χ2n) is 2.85. The molecule has 0 heterocycles. The van der Waals surface area contributed by atoms with Crippen LogP contribution in [0.15, 0.2) is 34.6 Å². The SMILES string of the molecule is C=Cc1ccc(S(=O)(=O)O)cc1S(=O)(=O)O. The number of benzene rings is 1. The maximum atomic E-state index is 10.9. The van der Waals surface area contributed by atoms with Crippen molar-refractivity contribution >= 4 is 26.3 Å². The third-order valence-electron chi connectivity index (χ3n) is 1.78. The Bertz CT molecular complexity index is 626. The summed E-state index contributed by atoms with van der Waals surface area (Å²) in [5, 5.41) is 0. The van der Waals surface area contributed by atoms with Gasteiger partial charge in [0.05, 0.1) is 4.90 Å². The first-order valence-corrected chi connectivity index (χ1v) is 6.76. The molecule has 0 aromatic heterocycles. The monoisotopic (exact) mass is 264 g/mol. The van der Waals surface area contributed by atoms with Gasteiger partial charge in [0, 0.05) is 0 Å². The summed E-state index contributed by atoms with van der Waals surface area (Å²) in [5.74, 6) is 0. The standard InChI is InChI=1S/C8H8O6S2/c1-2-6-3-4-7(15(9,10)11)5-8(6)16(12,13)14/h2-5H,1H2,(H,9,10,11)(H,12,13,14). The Balaban J connectivity index is 3.65. The van der Waals surface area contributed by atoms with Crippen molar-refractivity contribution < 1.29 is 25.9 Å². The molecule has 0 fully saturated rings. The van der Waals surface area contributed by atoms with Crippen LogP contribution in [0.5, 0.6) is 0 Å². The predicted molar refractivity (Wildman–Crippen MR) is 56.2 cm³/mol. The highest BCUT2D eigenvalue weighted by atomic mass is 32.2. The minimum absolute atomic E-state index is 0.0369. The molecule has 6 nitrogen and oxygen atoms in total. The summed E-state index contributed by atoms with van der Waals surface area (Å²) >= 11 is 0. The summed E-state index contributed by atoms with van der Waals surface area (Å²) < 4.78 is 60.9. The molecular formula is C8H8O6S2. The number of rotatable bonds is 3. The fraction of sp³-hybridized carbons (Fsp3) is 0. The molecule has 0 aliphatic rings. The minimum atomic E-state index is -4.58. The van der Waals surface area contributed by atoms with Gasteiger partial charge in [-0.1, -0.05) is 18.7 Å². The lowest BCUT2D eigenvalue weighted by Gasteiger charge is -2.04. The van der Waals surface area contributed by atoms with E-state index in [0.29, 0.717) is 6.07 Å².